The molecule has 0 aliphatic carbocycles. The number of nitrogens with zero attached hydrogens (tertiary/aromatic N) is 5. The fraction of sp³-hybridized carbons (Fsp3) is 0.348. The second-order valence-electron chi connectivity index (χ2n) is 7.71. The highest BCUT2D eigenvalue weighted by Gasteiger charge is 2.39. The van der Waals surface area contributed by atoms with Crippen molar-refractivity contribution in [2.45, 2.75) is 53.8 Å². The Labute approximate surface area is 171 Å². The third-order valence-electron chi connectivity index (χ3n) is 5.47. The highest BCUT2D eigenvalue weighted by atomic mass is 16.3. The summed E-state index contributed by atoms with van der Waals surface area (Å²) in [5.41, 5.74) is 4.50. The zero-order valence-electron chi connectivity index (χ0n) is 17.9. The molecule has 0 radical (unpaired) electrons. The number of fused-ring (bicyclic) bond motifs is 3. The van der Waals surface area contributed by atoms with Crippen LogP contribution in [0.5, 0.6) is 0 Å². The van der Waals surface area contributed by atoms with Crippen LogP contribution in [0.1, 0.15) is 39.0 Å². The van der Waals surface area contributed by atoms with E-state index in [1.54, 1.807) is 6.21 Å². The third kappa shape index (κ3) is 2.82. The van der Waals surface area contributed by atoms with Crippen molar-refractivity contribution in [2.75, 3.05) is 4.90 Å². The van der Waals surface area contributed by atoms with E-state index in [2.05, 4.69) is 77.4 Å². The Hall–Kier alpha value is -3.15. The van der Waals surface area contributed by atoms with Gasteiger partial charge < -0.3 is 9.32 Å². The maximum Gasteiger partial charge on any atom is 0.227 e. The molecule has 0 amide bonds. The van der Waals surface area contributed by atoms with Gasteiger partial charge in [-0.1, -0.05) is 12.1 Å². The number of pyridine rings is 1. The molecule has 0 saturated heterocycles. The van der Waals surface area contributed by atoms with Crippen LogP contribution in [0.2, 0.25) is 0 Å². The third-order valence-corrected chi connectivity index (χ3v) is 5.47. The molecule has 0 bridgehead atoms. The predicted molar refractivity (Wildman–Crippen MR) is 121 cm³/mol. The monoisotopic (exact) mass is 389 g/mol. The number of hydrogen-bond acceptors (Lipinski definition) is 6. The minimum absolute atomic E-state index is 0.0152. The maximum absolute atomic E-state index is 6.30. The van der Waals surface area contributed by atoms with Crippen LogP contribution in [0, 0.1) is 13.8 Å². The van der Waals surface area contributed by atoms with E-state index < -0.39 is 0 Å². The molecule has 0 unspecified atom stereocenters. The lowest BCUT2D eigenvalue weighted by atomic mass is 10.1. The summed E-state index contributed by atoms with van der Waals surface area (Å²) in [5.74, 6) is 1.57. The maximum atomic E-state index is 6.30. The summed E-state index contributed by atoms with van der Waals surface area (Å²) in [5, 5.41) is 2.07. The molecule has 0 N–H and O–H groups in total. The predicted octanol–water partition coefficient (Wildman–Crippen LogP) is 5.39. The number of aryl methyl sites for hydroxylation is 2. The van der Waals surface area contributed by atoms with Gasteiger partial charge in [0.25, 0.3) is 0 Å². The quantitative estimate of drug-likeness (QED) is 0.561. The molecule has 3 heterocycles. The van der Waals surface area contributed by atoms with Crippen molar-refractivity contribution in [2.24, 2.45) is 9.98 Å². The molecule has 6 heteroatoms. The van der Waals surface area contributed by atoms with Gasteiger partial charge in [-0.25, -0.2) is 15.0 Å². The molecular formula is C23H27N5O. The Kier molecular flexibility index (Phi) is 4.65. The topological polar surface area (TPSA) is 57.2 Å². The van der Waals surface area contributed by atoms with Crippen molar-refractivity contribution in [1.29, 1.82) is 0 Å². The van der Waals surface area contributed by atoms with Gasteiger partial charge in [0.1, 0.15) is 6.17 Å². The van der Waals surface area contributed by atoms with Crippen LogP contribution in [0.4, 0.5) is 5.69 Å². The molecule has 1 atom stereocenters. The van der Waals surface area contributed by atoms with Gasteiger partial charge in [0.2, 0.25) is 5.71 Å². The van der Waals surface area contributed by atoms with Crippen molar-refractivity contribution in [1.82, 2.24) is 9.88 Å². The normalized spacial score (nSPS) is 17.7. The zero-order chi connectivity index (χ0) is 20.9. The smallest absolute Gasteiger partial charge is 0.227 e. The van der Waals surface area contributed by atoms with E-state index in [0.717, 1.165) is 44.9 Å². The van der Waals surface area contributed by atoms with Gasteiger partial charge in [0, 0.05) is 28.7 Å². The van der Waals surface area contributed by atoms with E-state index in [4.69, 9.17) is 4.42 Å². The minimum Gasteiger partial charge on any atom is -0.435 e. The van der Waals surface area contributed by atoms with Crippen molar-refractivity contribution < 1.29 is 4.42 Å². The average molecular weight is 390 g/mol. The van der Waals surface area contributed by atoms with E-state index in [0.29, 0.717) is 5.71 Å². The van der Waals surface area contributed by atoms with Crippen molar-refractivity contribution >= 4 is 40.7 Å². The molecule has 29 heavy (non-hydrogen) atoms. The van der Waals surface area contributed by atoms with E-state index in [9.17, 15) is 0 Å². The van der Waals surface area contributed by atoms with E-state index in [1.807, 2.05) is 19.9 Å². The van der Waals surface area contributed by atoms with Crippen LogP contribution in [0.25, 0.3) is 22.1 Å². The molecule has 1 aliphatic heterocycles. The number of anilines is 1. The highest BCUT2D eigenvalue weighted by molar-refractivity contribution is 6.09. The van der Waals surface area contributed by atoms with E-state index in [-0.39, 0.29) is 12.2 Å². The van der Waals surface area contributed by atoms with Gasteiger partial charge in [-0.3, -0.25) is 4.90 Å². The van der Waals surface area contributed by atoms with Gasteiger partial charge in [-0.2, -0.15) is 0 Å². The standard InChI is InChI=1S/C23H27N5O/c1-8-25-22-21(24-7)28(16(6)27(22)13(2)3)19-14(4)9-11-17-18-12-10-15(5)26-23(18)29-20(17)19/h8-13,16H,7H2,1-6H3/t16-/m0/s1. The van der Waals surface area contributed by atoms with Gasteiger partial charge in [0.05, 0.1) is 5.69 Å². The first-order valence-electron chi connectivity index (χ1n) is 9.95. The van der Waals surface area contributed by atoms with Crippen molar-refractivity contribution in [3.05, 3.63) is 47.2 Å². The minimum atomic E-state index is 0.0152. The van der Waals surface area contributed by atoms with Gasteiger partial charge in [-0.15, -0.1) is 0 Å². The van der Waals surface area contributed by atoms with E-state index in [1.165, 1.54) is 0 Å². The molecule has 2 aromatic heterocycles. The molecule has 6 nitrogen and oxygen atoms in total. The van der Waals surface area contributed by atoms with Crippen LogP contribution in [0.15, 0.2) is 50.3 Å². The Bertz CT molecular complexity index is 1170. The summed E-state index contributed by atoms with van der Waals surface area (Å²) in [6.07, 6.45) is 1.81. The molecule has 4 rings (SSSR count). The summed E-state index contributed by atoms with van der Waals surface area (Å²) in [7, 11) is 0. The number of aromatic nitrogens is 1. The van der Waals surface area contributed by atoms with Crippen LogP contribution in [-0.4, -0.2) is 35.0 Å². The summed E-state index contributed by atoms with van der Waals surface area (Å²) >= 11 is 0. The van der Waals surface area contributed by atoms with Crippen LogP contribution in [-0.2, 0) is 0 Å². The first-order chi connectivity index (χ1) is 13.9. The Morgan fingerprint density at radius 3 is 2.52 bits per heavy atom. The molecule has 3 aromatic rings. The Morgan fingerprint density at radius 2 is 1.86 bits per heavy atom. The SMILES string of the molecule is C=NC1=C(N=CC)N(C(C)C)[C@H](C)N1c1c(C)ccc2c1oc1nc(C)ccc12. The molecular weight excluding hydrogens is 362 g/mol. The Balaban J connectivity index is 2.03. The van der Waals surface area contributed by atoms with Gasteiger partial charge in [0.15, 0.2) is 17.2 Å². The van der Waals surface area contributed by atoms with Crippen LogP contribution in [0.3, 0.4) is 0 Å². The molecule has 0 spiro atoms. The fourth-order valence-corrected chi connectivity index (χ4v) is 4.26. The largest absolute Gasteiger partial charge is 0.435 e. The summed E-state index contributed by atoms with van der Waals surface area (Å²) in [6.45, 7) is 16.3. The number of furan rings is 1. The second-order valence-corrected chi connectivity index (χ2v) is 7.71. The van der Waals surface area contributed by atoms with Crippen molar-refractivity contribution in [3.63, 3.8) is 0 Å². The van der Waals surface area contributed by atoms with Crippen molar-refractivity contribution in [3.8, 4) is 0 Å². The highest BCUT2D eigenvalue weighted by Crippen LogP contribution is 2.43. The summed E-state index contributed by atoms with van der Waals surface area (Å²) in [4.78, 5) is 18.0. The molecule has 0 saturated carbocycles. The molecule has 0 fully saturated rings. The number of hydrogen-bond donors (Lipinski definition) is 0. The molecule has 150 valence electrons. The Morgan fingerprint density at radius 1 is 1.14 bits per heavy atom. The molecule has 1 aromatic carbocycles. The van der Waals surface area contributed by atoms with Gasteiger partial charge in [-0.05, 0) is 66.0 Å². The van der Waals surface area contributed by atoms with Crippen LogP contribution >= 0.6 is 0 Å². The average Bonchev–Trinajstić information content (AvgIpc) is 3.16. The first kappa shape index (κ1) is 19.2. The van der Waals surface area contributed by atoms with Crippen LogP contribution < -0.4 is 4.90 Å². The zero-order valence-corrected chi connectivity index (χ0v) is 17.9. The summed E-state index contributed by atoms with van der Waals surface area (Å²) < 4.78 is 6.30. The number of benzene rings is 1. The fourth-order valence-electron chi connectivity index (χ4n) is 4.26. The lowest BCUT2D eigenvalue weighted by Gasteiger charge is -2.34. The molecule has 1 aliphatic rings. The number of aliphatic imine (C=N–C) groups is 2. The lowest BCUT2D eigenvalue weighted by molar-refractivity contribution is 0.240. The van der Waals surface area contributed by atoms with E-state index >= 15 is 0 Å². The first-order valence-corrected chi connectivity index (χ1v) is 9.95. The lowest BCUT2D eigenvalue weighted by Crippen LogP contribution is -2.41. The second kappa shape index (κ2) is 7.03. The number of rotatable bonds is 4. The summed E-state index contributed by atoms with van der Waals surface area (Å²) in [6, 6.07) is 8.57. The van der Waals surface area contributed by atoms with Gasteiger partial charge >= 0.3 is 0 Å².